The van der Waals surface area contributed by atoms with E-state index in [2.05, 4.69) is 0 Å². The number of amides is 1. The predicted octanol–water partition coefficient (Wildman–Crippen LogP) is 5.06. The molecule has 2 N–H and O–H groups in total. The number of fused-ring (bicyclic) bond motifs is 1. The molecule has 3 nitrogen and oxygen atoms in total. The molecule has 0 aliphatic carbocycles. The van der Waals surface area contributed by atoms with E-state index in [1.54, 1.807) is 11.0 Å². The number of hydrogen-bond donors (Lipinski definition) is 1. The molecule has 1 atom stereocenters. The summed E-state index contributed by atoms with van der Waals surface area (Å²) < 4.78 is 13.3. The van der Waals surface area contributed by atoms with Crippen molar-refractivity contribution in [2.24, 2.45) is 5.73 Å². The molecule has 0 saturated heterocycles. The molecule has 4 rings (SSSR count). The third kappa shape index (κ3) is 4.61. The highest BCUT2D eigenvalue weighted by Crippen LogP contribution is 2.25. The fourth-order valence-electron chi connectivity index (χ4n) is 3.68. The summed E-state index contributed by atoms with van der Waals surface area (Å²) in [5.41, 5.74) is 11.1. The third-order valence-electron chi connectivity index (χ3n) is 5.30. The Morgan fingerprint density at radius 2 is 1.67 bits per heavy atom. The maximum absolute atomic E-state index is 13.3. The van der Waals surface area contributed by atoms with Gasteiger partial charge in [0.1, 0.15) is 5.82 Å². The summed E-state index contributed by atoms with van der Waals surface area (Å²) in [4.78, 5) is 14.6. The molecule has 1 aliphatic rings. The van der Waals surface area contributed by atoms with E-state index in [0.717, 1.165) is 16.7 Å². The minimum Gasteiger partial charge on any atom is -0.333 e. The molecule has 0 bridgehead atoms. The molecule has 30 heavy (non-hydrogen) atoms. The van der Waals surface area contributed by atoms with Gasteiger partial charge in [0.25, 0.3) is 0 Å². The van der Waals surface area contributed by atoms with E-state index in [4.69, 9.17) is 17.3 Å². The van der Waals surface area contributed by atoms with Crippen LogP contribution in [0.2, 0.25) is 5.02 Å². The lowest BCUT2D eigenvalue weighted by molar-refractivity contribution is -0.133. The van der Waals surface area contributed by atoms with Gasteiger partial charge in [0, 0.05) is 18.1 Å². The minimum atomic E-state index is -0.648. The highest BCUT2D eigenvalue weighted by Gasteiger charge is 2.27. The third-order valence-corrected chi connectivity index (χ3v) is 5.66. The van der Waals surface area contributed by atoms with Gasteiger partial charge in [-0.1, -0.05) is 72.3 Å². The van der Waals surface area contributed by atoms with Crippen LogP contribution in [0.1, 0.15) is 27.8 Å². The van der Waals surface area contributed by atoms with Crippen LogP contribution >= 0.6 is 11.6 Å². The highest BCUT2D eigenvalue weighted by atomic mass is 35.5. The Labute approximate surface area is 180 Å². The second kappa shape index (κ2) is 8.82. The molecule has 0 radical (unpaired) electrons. The van der Waals surface area contributed by atoms with Gasteiger partial charge in [0.05, 0.1) is 6.04 Å². The van der Waals surface area contributed by atoms with Crippen molar-refractivity contribution in [3.8, 4) is 0 Å². The molecule has 1 heterocycles. The smallest absolute Gasteiger partial charge is 0.240 e. The van der Waals surface area contributed by atoms with Gasteiger partial charge in [0.15, 0.2) is 0 Å². The van der Waals surface area contributed by atoms with Crippen molar-refractivity contribution in [3.05, 3.63) is 105 Å². The summed E-state index contributed by atoms with van der Waals surface area (Å²) in [6.45, 7) is 1.19. The van der Waals surface area contributed by atoms with E-state index in [1.165, 1.54) is 23.3 Å². The van der Waals surface area contributed by atoms with E-state index in [1.807, 2.05) is 60.7 Å². The van der Waals surface area contributed by atoms with Gasteiger partial charge >= 0.3 is 0 Å². The number of halogens is 2. The van der Waals surface area contributed by atoms with Gasteiger partial charge in [-0.2, -0.15) is 0 Å². The van der Waals surface area contributed by atoms with E-state index < -0.39 is 6.04 Å². The van der Waals surface area contributed by atoms with Gasteiger partial charge in [-0.05, 0) is 52.4 Å². The first-order valence-electron chi connectivity index (χ1n) is 9.83. The molecule has 1 unspecified atom stereocenters. The van der Waals surface area contributed by atoms with Crippen LogP contribution in [0.3, 0.4) is 0 Å². The average molecular weight is 421 g/mol. The average Bonchev–Trinajstić information content (AvgIpc) is 3.17. The van der Waals surface area contributed by atoms with Gasteiger partial charge in [0.2, 0.25) is 5.91 Å². The zero-order chi connectivity index (χ0) is 21.1. The maximum atomic E-state index is 13.3. The first kappa shape index (κ1) is 20.3. The zero-order valence-electron chi connectivity index (χ0n) is 16.4. The van der Waals surface area contributed by atoms with Crippen molar-refractivity contribution in [2.75, 3.05) is 0 Å². The predicted molar refractivity (Wildman–Crippen MR) is 119 cm³/mol. The minimum absolute atomic E-state index is 0.0719. The number of carbonyl (C=O) groups is 1. The van der Waals surface area contributed by atoms with E-state index >= 15 is 0 Å². The van der Waals surface area contributed by atoms with Crippen LogP contribution in [0, 0.1) is 5.82 Å². The Kier molecular flexibility index (Phi) is 5.98. The summed E-state index contributed by atoms with van der Waals surface area (Å²) in [5, 5.41) is 0.560. The van der Waals surface area contributed by atoms with Crippen LogP contribution in [0.4, 0.5) is 4.39 Å². The lowest BCUT2D eigenvalue weighted by atomic mass is 10.0. The molecule has 0 fully saturated rings. The van der Waals surface area contributed by atoms with Crippen molar-refractivity contribution in [1.82, 2.24) is 4.90 Å². The lowest BCUT2D eigenvalue weighted by Gasteiger charge is -2.20. The molecule has 152 valence electrons. The molecule has 0 saturated carbocycles. The first-order chi connectivity index (χ1) is 14.5. The van der Waals surface area contributed by atoms with Crippen molar-refractivity contribution < 1.29 is 9.18 Å². The summed E-state index contributed by atoms with van der Waals surface area (Å²) in [7, 11) is 0. The quantitative estimate of drug-likeness (QED) is 0.586. The molecule has 0 spiro atoms. The van der Waals surface area contributed by atoms with Crippen LogP contribution in [-0.4, -0.2) is 16.8 Å². The molecule has 1 aliphatic heterocycles. The molecule has 1 amide bonds. The topological polar surface area (TPSA) is 46.3 Å². The van der Waals surface area contributed by atoms with Crippen molar-refractivity contribution >= 4 is 29.7 Å². The van der Waals surface area contributed by atoms with Gasteiger partial charge in [-0.3, -0.25) is 4.79 Å². The summed E-state index contributed by atoms with van der Waals surface area (Å²) in [5.74, 6) is -0.345. The van der Waals surface area contributed by atoms with Crippen LogP contribution in [0.15, 0.2) is 66.7 Å². The van der Waals surface area contributed by atoms with Crippen LogP contribution in [-0.2, 0) is 24.3 Å². The molecule has 3 aromatic rings. The summed E-state index contributed by atoms with van der Waals surface area (Å²) in [6, 6.07) is 19.4. The van der Waals surface area contributed by atoms with Gasteiger partial charge in [-0.25, -0.2) is 4.39 Å². The Morgan fingerprint density at radius 1 is 1.00 bits per heavy atom. The number of benzene rings is 3. The summed E-state index contributed by atoms with van der Waals surface area (Å²) in [6.07, 6.45) is 4.07. The Bertz CT molecular complexity index is 1090. The normalized spacial score (nSPS) is 14.2. The Hall–Kier alpha value is -2.95. The van der Waals surface area contributed by atoms with Gasteiger partial charge in [-0.15, -0.1) is 0 Å². The number of nitrogens with zero attached hydrogens (tertiary/aromatic N) is 1. The number of nitrogens with two attached hydrogens (primary N) is 1. The van der Waals surface area contributed by atoms with Gasteiger partial charge < -0.3 is 10.6 Å². The first-order valence-corrected chi connectivity index (χ1v) is 10.2. The Balaban J connectivity index is 1.40. The largest absolute Gasteiger partial charge is 0.333 e. The molecule has 5 heteroatoms. The summed E-state index contributed by atoms with van der Waals surface area (Å²) >= 11 is 6.44. The highest BCUT2D eigenvalue weighted by molar-refractivity contribution is 6.31. The standard InChI is InChI=1S/C25H22ClFN2O/c26-23-13-18(9-8-17-4-3-7-22(27)12-17)10-11-19(23)14-24(28)25(30)29-15-20-5-1-2-6-21(20)16-29/h1-13,24H,14-16,28H2/b9-8+. The fraction of sp³-hybridized carbons (Fsp3) is 0.160. The molecular weight excluding hydrogens is 399 g/mol. The van der Waals surface area contributed by atoms with E-state index in [0.29, 0.717) is 24.5 Å². The number of carbonyl (C=O) groups excluding carboxylic acids is 1. The second-order valence-corrected chi connectivity index (χ2v) is 7.92. The van der Waals surface area contributed by atoms with Crippen LogP contribution in [0.25, 0.3) is 12.2 Å². The Morgan fingerprint density at radius 3 is 2.30 bits per heavy atom. The lowest BCUT2D eigenvalue weighted by Crippen LogP contribution is -2.42. The van der Waals surface area contributed by atoms with Crippen molar-refractivity contribution in [3.63, 3.8) is 0 Å². The zero-order valence-corrected chi connectivity index (χ0v) is 17.1. The van der Waals surface area contributed by atoms with E-state index in [9.17, 15) is 9.18 Å². The van der Waals surface area contributed by atoms with Crippen LogP contribution < -0.4 is 5.73 Å². The molecular formula is C25H22ClFN2O. The van der Waals surface area contributed by atoms with Crippen molar-refractivity contribution in [1.29, 1.82) is 0 Å². The van der Waals surface area contributed by atoms with Crippen LogP contribution in [0.5, 0.6) is 0 Å². The number of hydrogen-bond acceptors (Lipinski definition) is 2. The maximum Gasteiger partial charge on any atom is 0.240 e. The van der Waals surface area contributed by atoms with Crippen molar-refractivity contribution in [2.45, 2.75) is 25.6 Å². The monoisotopic (exact) mass is 420 g/mol. The van der Waals surface area contributed by atoms with E-state index in [-0.39, 0.29) is 11.7 Å². The number of rotatable bonds is 5. The molecule has 0 aromatic heterocycles. The SMILES string of the molecule is NC(Cc1ccc(/C=C/c2cccc(F)c2)cc1Cl)C(=O)N1Cc2ccccc2C1. The fourth-order valence-corrected chi connectivity index (χ4v) is 3.95. The second-order valence-electron chi connectivity index (χ2n) is 7.51. The molecule has 3 aromatic carbocycles.